The summed E-state index contributed by atoms with van der Waals surface area (Å²) in [6, 6.07) is 22.5. The molecule has 1 aromatic heterocycles. The van der Waals surface area contributed by atoms with Gasteiger partial charge >= 0.3 is 5.97 Å². The van der Waals surface area contributed by atoms with E-state index < -0.39 is 23.8 Å². The van der Waals surface area contributed by atoms with Gasteiger partial charge in [-0.25, -0.2) is 4.79 Å². The number of hydrogen-bond donors (Lipinski definition) is 4. The molecule has 0 saturated carbocycles. The van der Waals surface area contributed by atoms with Crippen LogP contribution in [0.2, 0.25) is 0 Å². The number of anilines is 1. The number of aromatic nitrogens is 1. The van der Waals surface area contributed by atoms with E-state index in [0.717, 1.165) is 22.0 Å². The number of benzene rings is 3. The molecule has 2 amide bonds. The van der Waals surface area contributed by atoms with Crippen molar-refractivity contribution in [3.8, 4) is 0 Å². The van der Waals surface area contributed by atoms with Crippen molar-refractivity contribution in [1.29, 1.82) is 0 Å². The van der Waals surface area contributed by atoms with Crippen LogP contribution in [0.3, 0.4) is 0 Å². The smallest absolute Gasteiger partial charge is 0.326 e. The van der Waals surface area contributed by atoms with Crippen molar-refractivity contribution in [2.45, 2.75) is 25.8 Å². The molecule has 1 unspecified atom stereocenters. The second-order valence-electron chi connectivity index (χ2n) is 8.10. The molecule has 0 spiro atoms. The largest absolute Gasteiger partial charge is 0.480 e. The van der Waals surface area contributed by atoms with Crippen molar-refractivity contribution in [2.75, 3.05) is 5.32 Å². The van der Waals surface area contributed by atoms with E-state index in [1.807, 2.05) is 55.5 Å². The van der Waals surface area contributed by atoms with Gasteiger partial charge in [-0.2, -0.15) is 0 Å². The number of hydrogen-bond acceptors (Lipinski definition) is 3. The fourth-order valence-corrected chi connectivity index (χ4v) is 3.86. The lowest BCUT2D eigenvalue weighted by Crippen LogP contribution is -2.41. The minimum Gasteiger partial charge on any atom is -0.480 e. The highest BCUT2D eigenvalue weighted by molar-refractivity contribution is 6.10. The second kappa shape index (κ2) is 10.0. The summed E-state index contributed by atoms with van der Waals surface area (Å²) in [5.74, 6) is -2.07. The fraction of sp³-hybridized carbons (Fsp3) is 0.148. The number of H-pyrrole nitrogens is 1. The van der Waals surface area contributed by atoms with Crippen LogP contribution in [0.1, 0.15) is 38.4 Å². The topological polar surface area (TPSA) is 111 Å². The maximum atomic E-state index is 13.0. The van der Waals surface area contributed by atoms with Gasteiger partial charge in [0.05, 0.1) is 11.3 Å². The molecule has 0 aliphatic heterocycles. The Morgan fingerprint density at radius 1 is 0.912 bits per heavy atom. The Labute approximate surface area is 196 Å². The Morgan fingerprint density at radius 2 is 1.62 bits per heavy atom. The minimum atomic E-state index is -1.11. The van der Waals surface area contributed by atoms with Gasteiger partial charge in [-0.15, -0.1) is 0 Å². The van der Waals surface area contributed by atoms with Gasteiger partial charge in [0.15, 0.2) is 0 Å². The number of carboxylic acids is 1. The highest BCUT2D eigenvalue weighted by atomic mass is 16.4. The Morgan fingerprint density at radius 3 is 2.38 bits per heavy atom. The summed E-state index contributed by atoms with van der Waals surface area (Å²) in [7, 11) is 0. The Balaban J connectivity index is 1.48. The van der Waals surface area contributed by atoms with Gasteiger partial charge in [-0.05, 0) is 55.2 Å². The zero-order chi connectivity index (χ0) is 24.1. The quantitative estimate of drug-likeness (QED) is 0.312. The highest BCUT2D eigenvalue weighted by Crippen LogP contribution is 2.19. The van der Waals surface area contributed by atoms with Crippen molar-refractivity contribution in [3.05, 3.63) is 101 Å². The van der Waals surface area contributed by atoms with Crippen molar-refractivity contribution >= 4 is 34.4 Å². The number of fused-ring (bicyclic) bond motifs is 1. The fourth-order valence-electron chi connectivity index (χ4n) is 3.86. The van der Waals surface area contributed by atoms with E-state index in [4.69, 9.17) is 0 Å². The van der Waals surface area contributed by atoms with Gasteiger partial charge in [-0.3, -0.25) is 9.59 Å². The van der Waals surface area contributed by atoms with E-state index in [-0.39, 0.29) is 12.0 Å². The number of aryl methyl sites for hydroxylation is 2. The van der Waals surface area contributed by atoms with Crippen LogP contribution >= 0.6 is 0 Å². The van der Waals surface area contributed by atoms with Gasteiger partial charge in [0, 0.05) is 10.9 Å². The summed E-state index contributed by atoms with van der Waals surface area (Å²) < 4.78 is 0. The summed E-state index contributed by atoms with van der Waals surface area (Å²) in [6.07, 6.45) is 0.762. The Hall–Kier alpha value is -4.39. The molecule has 172 valence electrons. The average Bonchev–Trinajstić information content (AvgIpc) is 3.27. The highest BCUT2D eigenvalue weighted by Gasteiger charge is 2.23. The number of nitrogens with one attached hydrogen (secondary N) is 3. The van der Waals surface area contributed by atoms with Gasteiger partial charge in [-0.1, -0.05) is 54.6 Å². The number of carboxylic acid groups (broad SMARTS) is 1. The van der Waals surface area contributed by atoms with Crippen LogP contribution in [-0.2, 0) is 11.2 Å². The molecule has 0 saturated heterocycles. The summed E-state index contributed by atoms with van der Waals surface area (Å²) in [5.41, 5.74) is 3.78. The lowest BCUT2D eigenvalue weighted by molar-refractivity contribution is -0.139. The molecule has 3 aromatic carbocycles. The molecule has 0 fully saturated rings. The van der Waals surface area contributed by atoms with Crippen LogP contribution in [-0.4, -0.2) is 33.9 Å². The number of para-hydroxylation sites is 2. The minimum absolute atomic E-state index is 0.189. The van der Waals surface area contributed by atoms with Gasteiger partial charge in [0.25, 0.3) is 11.8 Å². The first-order chi connectivity index (χ1) is 16.4. The van der Waals surface area contributed by atoms with Gasteiger partial charge in [0.1, 0.15) is 11.7 Å². The predicted octanol–water partition coefficient (Wildman–Crippen LogP) is 4.54. The number of carbonyl (C=O) groups is 3. The monoisotopic (exact) mass is 455 g/mol. The van der Waals surface area contributed by atoms with Gasteiger partial charge < -0.3 is 20.7 Å². The molecule has 4 rings (SSSR count). The molecule has 4 N–H and O–H groups in total. The molecule has 34 heavy (non-hydrogen) atoms. The zero-order valence-corrected chi connectivity index (χ0v) is 18.7. The van der Waals surface area contributed by atoms with E-state index >= 15 is 0 Å². The second-order valence-corrected chi connectivity index (χ2v) is 8.10. The molecule has 0 aliphatic carbocycles. The van der Waals surface area contributed by atoms with E-state index in [9.17, 15) is 19.5 Å². The van der Waals surface area contributed by atoms with Crippen molar-refractivity contribution in [3.63, 3.8) is 0 Å². The summed E-state index contributed by atoms with van der Waals surface area (Å²) >= 11 is 0. The lowest BCUT2D eigenvalue weighted by Gasteiger charge is -2.17. The molecule has 1 atom stereocenters. The number of aromatic amines is 1. The number of carbonyl (C=O) groups excluding carboxylic acids is 2. The average molecular weight is 456 g/mol. The van der Waals surface area contributed by atoms with Crippen LogP contribution < -0.4 is 10.6 Å². The molecular formula is C27H25N3O4. The maximum absolute atomic E-state index is 13.0. The standard InChI is InChI=1S/C27H25N3O4/c1-17-8-2-3-9-18(17)14-15-23(27(33)34)30-25(31)20-11-5-7-13-22(20)29-26(32)24-16-19-10-4-6-12-21(19)28-24/h2-13,16,23,28H,14-15H2,1H3,(H,29,32)(H,30,31)(H,33,34). The lowest BCUT2D eigenvalue weighted by atomic mass is 10.0. The molecule has 0 aliphatic rings. The van der Waals surface area contributed by atoms with Crippen molar-refractivity contribution < 1.29 is 19.5 Å². The maximum Gasteiger partial charge on any atom is 0.326 e. The zero-order valence-electron chi connectivity index (χ0n) is 18.7. The first-order valence-electron chi connectivity index (χ1n) is 11.0. The Kier molecular flexibility index (Phi) is 6.73. The van der Waals surface area contributed by atoms with Crippen LogP contribution in [0.15, 0.2) is 78.9 Å². The molecular weight excluding hydrogens is 430 g/mol. The van der Waals surface area contributed by atoms with E-state index in [1.54, 1.807) is 30.3 Å². The van der Waals surface area contributed by atoms with E-state index in [0.29, 0.717) is 17.8 Å². The first kappa shape index (κ1) is 22.8. The number of amides is 2. The number of rotatable bonds is 8. The molecule has 7 heteroatoms. The third kappa shape index (κ3) is 5.15. The van der Waals surface area contributed by atoms with Crippen molar-refractivity contribution in [1.82, 2.24) is 10.3 Å². The Bertz CT molecular complexity index is 1330. The summed E-state index contributed by atoms with van der Waals surface area (Å²) in [6.45, 7) is 1.97. The van der Waals surface area contributed by atoms with E-state index in [1.165, 1.54) is 0 Å². The molecule has 1 heterocycles. The van der Waals surface area contributed by atoms with E-state index in [2.05, 4.69) is 15.6 Å². The third-order valence-electron chi connectivity index (χ3n) is 5.76. The van der Waals surface area contributed by atoms with Crippen LogP contribution in [0.5, 0.6) is 0 Å². The molecule has 0 radical (unpaired) electrons. The van der Waals surface area contributed by atoms with Crippen LogP contribution in [0.4, 0.5) is 5.69 Å². The third-order valence-corrected chi connectivity index (χ3v) is 5.76. The normalized spacial score (nSPS) is 11.7. The first-order valence-corrected chi connectivity index (χ1v) is 11.0. The van der Waals surface area contributed by atoms with Crippen molar-refractivity contribution in [2.24, 2.45) is 0 Å². The molecule has 0 bridgehead atoms. The van der Waals surface area contributed by atoms with Crippen LogP contribution in [0, 0.1) is 6.92 Å². The molecule has 4 aromatic rings. The van der Waals surface area contributed by atoms with Gasteiger partial charge in [0.2, 0.25) is 0 Å². The summed E-state index contributed by atoms with van der Waals surface area (Å²) in [5, 5.41) is 15.9. The number of aliphatic carboxylic acids is 1. The van der Waals surface area contributed by atoms with Crippen LogP contribution in [0.25, 0.3) is 10.9 Å². The SMILES string of the molecule is Cc1ccccc1CCC(NC(=O)c1ccccc1NC(=O)c1cc2ccccc2[nH]1)C(=O)O. The predicted molar refractivity (Wildman–Crippen MR) is 131 cm³/mol. The summed E-state index contributed by atoms with van der Waals surface area (Å²) in [4.78, 5) is 40.7. The molecule has 7 nitrogen and oxygen atoms in total.